The first-order chi connectivity index (χ1) is 40.0. The van der Waals surface area contributed by atoms with Crippen molar-refractivity contribution in [3.05, 3.63) is 122 Å². The van der Waals surface area contributed by atoms with Gasteiger partial charge in [0.1, 0.15) is 13.2 Å². The first kappa shape index (κ1) is 76.8. The zero-order valence-corrected chi connectivity index (χ0v) is 53.0. The molecule has 0 aliphatic carbocycles. The van der Waals surface area contributed by atoms with E-state index in [4.69, 9.17) is 14.2 Å². The van der Waals surface area contributed by atoms with E-state index in [-0.39, 0.29) is 31.6 Å². The molecule has 0 aromatic heterocycles. The van der Waals surface area contributed by atoms with Gasteiger partial charge in [-0.1, -0.05) is 303 Å². The molecule has 6 heteroatoms. The average Bonchev–Trinajstić information content (AvgIpc) is 3.47. The molecule has 0 aromatic rings. The van der Waals surface area contributed by atoms with Crippen LogP contribution in [-0.4, -0.2) is 37.2 Å². The van der Waals surface area contributed by atoms with Crippen molar-refractivity contribution < 1.29 is 28.6 Å². The van der Waals surface area contributed by atoms with Gasteiger partial charge in [-0.05, 0) is 116 Å². The van der Waals surface area contributed by atoms with Crippen LogP contribution in [0, 0.1) is 0 Å². The molecular weight excluding hydrogens is 997 g/mol. The zero-order valence-electron chi connectivity index (χ0n) is 53.0. The van der Waals surface area contributed by atoms with Gasteiger partial charge in [-0.25, -0.2) is 0 Å². The monoisotopic (exact) mass is 1120 g/mol. The predicted octanol–water partition coefficient (Wildman–Crippen LogP) is 23.6. The van der Waals surface area contributed by atoms with Crippen LogP contribution in [0.25, 0.3) is 0 Å². The van der Waals surface area contributed by atoms with Crippen LogP contribution in [0.1, 0.15) is 316 Å². The highest BCUT2D eigenvalue weighted by Crippen LogP contribution is 2.16. The van der Waals surface area contributed by atoms with E-state index in [2.05, 4.69) is 136 Å². The lowest BCUT2D eigenvalue weighted by molar-refractivity contribution is -0.166. The minimum absolute atomic E-state index is 0.112. The van der Waals surface area contributed by atoms with Crippen molar-refractivity contribution in [3.8, 4) is 0 Å². The minimum Gasteiger partial charge on any atom is -0.462 e. The number of carbonyl (C=O) groups is 3. The van der Waals surface area contributed by atoms with Crippen molar-refractivity contribution in [2.24, 2.45) is 0 Å². The summed E-state index contributed by atoms with van der Waals surface area (Å²) in [5.41, 5.74) is 0. The molecule has 0 aliphatic rings. The van der Waals surface area contributed by atoms with Crippen LogP contribution >= 0.6 is 0 Å². The van der Waals surface area contributed by atoms with Gasteiger partial charge in [0.2, 0.25) is 0 Å². The van der Waals surface area contributed by atoms with E-state index in [0.717, 1.165) is 103 Å². The van der Waals surface area contributed by atoms with Gasteiger partial charge in [0.05, 0.1) is 0 Å². The fourth-order valence-corrected chi connectivity index (χ4v) is 9.42. The van der Waals surface area contributed by atoms with Crippen LogP contribution < -0.4 is 0 Å². The number of rotatable bonds is 61. The lowest BCUT2D eigenvalue weighted by atomic mass is 10.0. The Morgan fingerprint density at radius 1 is 0.259 bits per heavy atom. The molecule has 0 bridgehead atoms. The molecule has 0 rings (SSSR count). The number of ether oxygens (including phenoxy) is 3. The standard InChI is InChI=1S/C75H126O6/c1-4-7-10-13-16-19-22-25-28-31-33-34-35-36-37-38-39-40-42-44-47-50-53-56-59-62-65-68-74(77)80-71-72(70-79-73(76)67-64-61-58-55-52-49-46-43-30-27-24-21-18-15-12-9-6-3)81-75(78)69-66-63-60-57-54-51-48-45-41-32-29-26-23-20-17-14-11-8-5-2/h8-9,11-12,17-18,20-21,26-27,29-31,33,41,45,51,54,60,63,72H,4-7,10,13-16,19,22-25,28,32,34-40,42-44,46-50,52-53,55-59,61-62,64-71H2,1-3H3/b11-8-,12-9-,20-17-,21-18-,29-26-,30-27-,33-31-,45-41-,54-51-,63-60-. The predicted molar refractivity (Wildman–Crippen MR) is 353 cm³/mol. The summed E-state index contributed by atoms with van der Waals surface area (Å²) in [7, 11) is 0. The molecule has 6 nitrogen and oxygen atoms in total. The summed E-state index contributed by atoms with van der Waals surface area (Å²) >= 11 is 0. The van der Waals surface area contributed by atoms with Crippen molar-refractivity contribution in [2.45, 2.75) is 322 Å². The van der Waals surface area contributed by atoms with Crippen molar-refractivity contribution in [3.63, 3.8) is 0 Å². The van der Waals surface area contributed by atoms with Crippen molar-refractivity contribution in [1.29, 1.82) is 0 Å². The molecule has 0 fully saturated rings. The number of unbranched alkanes of at least 4 members (excludes halogenated alkanes) is 30. The van der Waals surface area contributed by atoms with Crippen LogP contribution in [0.5, 0.6) is 0 Å². The second-order valence-electron chi connectivity index (χ2n) is 22.3. The van der Waals surface area contributed by atoms with Crippen LogP contribution in [0.2, 0.25) is 0 Å². The molecule has 0 N–H and O–H groups in total. The van der Waals surface area contributed by atoms with E-state index < -0.39 is 12.1 Å². The Kier molecular flexibility index (Phi) is 64.8. The van der Waals surface area contributed by atoms with E-state index in [9.17, 15) is 14.4 Å². The summed E-state index contributed by atoms with van der Waals surface area (Å²) in [5, 5.41) is 0. The summed E-state index contributed by atoms with van der Waals surface area (Å²) in [6, 6.07) is 0. The topological polar surface area (TPSA) is 78.9 Å². The second kappa shape index (κ2) is 68.3. The van der Waals surface area contributed by atoms with E-state index in [1.165, 1.54) is 167 Å². The molecule has 81 heavy (non-hydrogen) atoms. The summed E-state index contributed by atoms with van der Waals surface area (Å²) in [4.78, 5) is 38.4. The molecule has 1 unspecified atom stereocenters. The number of esters is 3. The van der Waals surface area contributed by atoms with Gasteiger partial charge >= 0.3 is 17.9 Å². The number of hydrogen-bond acceptors (Lipinski definition) is 6. The molecule has 0 heterocycles. The molecule has 0 saturated carbocycles. The van der Waals surface area contributed by atoms with Gasteiger partial charge in [0.25, 0.3) is 0 Å². The first-order valence-corrected chi connectivity index (χ1v) is 34.0. The Labute approximate surface area is 501 Å². The maximum Gasteiger partial charge on any atom is 0.306 e. The van der Waals surface area contributed by atoms with Gasteiger partial charge in [-0.3, -0.25) is 14.4 Å². The highest BCUT2D eigenvalue weighted by Gasteiger charge is 2.19. The molecule has 0 saturated heterocycles. The summed E-state index contributed by atoms with van der Waals surface area (Å²) < 4.78 is 16.9. The van der Waals surface area contributed by atoms with Gasteiger partial charge < -0.3 is 14.2 Å². The third-order valence-corrected chi connectivity index (χ3v) is 14.4. The van der Waals surface area contributed by atoms with E-state index in [0.29, 0.717) is 19.3 Å². The zero-order chi connectivity index (χ0) is 58.5. The Morgan fingerprint density at radius 2 is 0.506 bits per heavy atom. The van der Waals surface area contributed by atoms with Gasteiger partial charge in [-0.2, -0.15) is 0 Å². The van der Waals surface area contributed by atoms with E-state index >= 15 is 0 Å². The van der Waals surface area contributed by atoms with Crippen molar-refractivity contribution in [1.82, 2.24) is 0 Å². The number of hydrogen-bond donors (Lipinski definition) is 0. The molecule has 1 atom stereocenters. The highest BCUT2D eigenvalue weighted by atomic mass is 16.6. The fraction of sp³-hybridized carbons (Fsp3) is 0.693. The van der Waals surface area contributed by atoms with Gasteiger partial charge in [-0.15, -0.1) is 0 Å². The third-order valence-electron chi connectivity index (χ3n) is 14.4. The molecule has 0 aromatic carbocycles. The molecular formula is C75H126O6. The van der Waals surface area contributed by atoms with Gasteiger partial charge in [0, 0.05) is 19.3 Å². The largest absolute Gasteiger partial charge is 0.462 e. The van der Waals surface area contributed by atoms with Crippen LogP contribution in [0.15, 0.2) is 122 Å². The molecule has 462 valence electrons. The highest BCUT2D eigenvalue weighted by molar-refractivity contribution is 5.71. The lowest BCUT2D eigenvalue weighted by Gasteiger charge is -2.18. The Bertz CT molecular complexity index is 1670. The maximum absolute atomic E-state index is 12.9. The van der Waals surface area contributed by atoms with E-state index in [1.54, 1.807) is 0 Å². The van der Waals surface area contributed by atoms with Crippen LogP contribution in [0.3, 0.4) is 0 Å². The molecule has 0 radical (unpaired) electrons. The Hall–Kier alpha value is -4.19. The Morgan fingerprint density at radius 3 is 0.815 bits per heavy atom. The van der Waals surface area contributed by atoms with E-state index in [1.807, 2.05) is 6.08 Å². The SMILES string of the molecule is CC/C=C\C/C=C\C/C=C\C/C=C\C/C=C\C/C=C\CCC(=O)OC(COC(=O)CCCCCCCCC/C=C\C/C=C\C/C=C\CC)COC(=O)CCCCCCCCCCCCCCCCC/C=C\CCCCCCCCCC. The lowest BCUT2D eigenvalue weighted by Crippen LogP contribution is -2.30. The first-order valence-electron chi connectivity index (χ1n) is 34.0. The van der Waals surface area contributed by atoms with Crippen molar-refractivity contribution in [2.75, 3.05) is 13.2 Å². The third kappa shape index (κ3) is 66.5. The normalized spacial score (nSPS) is 12.9. The smallest absolute Gasteiger partial charge is 0.306 e. The number of allylic oxidation sites excluding steroid dienone is 20. The fourth-order valence-electron chi connectivity index (χ4n) is 9.42. The summed E-state index contributed by atoms with van der Waals surface area (Å²) in [6.45, 7) is 6.37. The molecule has 0 spiro atoms. The number of carbonyl (C=O) groups excluding carboxylic acids is 3. The second-order valence-corrected chi connectivity index (χ2v) is 22.3. The summed E-state index contributed by atoms with van der Waals surface area (Å²) in [6.07, 6.45) is 95.2. The molecule has 0 aliphatic heterocycles. The average molecular weight is 1120 g/mol. The maximum atomic E-state index is 12.9. The molecule has 0 amide bonds. The van der Waals surface area contributed by atoms with Gasteiger partial charge in [0.15, 0.2) is 6.10 Å². The van der Waals surface area contributed by atoms with Crippen LogP contribution in [-0.2, 0) is 28.6 Å². The minimum atomic E-state index is -0.827. The van der Waals surface area contributed by atoms with Crippen molar-refractivity contribution >= 4 is 17.9 Å². The quantitative estimate of drug-likeness (QED) is 0.0261. The summed E-state index contributed by atoms with van der Waals surface area (Å²) in [5.74, 6) is -0.999. The van der Waals surface area contributed by atoms with Crippen LogP contribution in [0.4, 0.5) is 0 Å². The Balaban J connectivity index is 4.40.